The summed E-state index contributed by atoms with van der Waals surface area (Å²) in [4.78, 5) is 29.3. The van der Waals surface area contributed by atoms with Gasteiger partial charge < -0.3 is 19.5 Å². The van der Waals surface area contributed by atoms with Crippen molar-refractivity contribution < 1.29 is 9.90 Å². The third kappa shape index (κ3) is 2.16. The molecule has 1 amide bonds. The fourth-order valence-corrected chi connectivity index (χ4v) is 4.44. The van der Waals surface area contributed by atoms with E-state index < -0.39 is 0 Å². The minimum absolute atomic E-state index is 0.118. The van der Waals surface area contributed by atoms with Crippen molar-refractivity contribution in [2.75, 3.05) is 37.7 Å². The van der Waals surface area contributed by atoms with E-state index >= 15 is 0 Å². The van der Waals surface area contributed by atoms with Crippen molar-refractivity contribution in [2.24, 2.45) is 11.8 Å². The van der Waals surface area contributed by atoms with Crippen LogP contribution >= 0.6 is 0 Å². The molecule has 0 radical (unpaired) electrons. The Balaban J connectivity index is 1.44. The molecule has 0 aromatic carbocycles. The number of aromatic nitrogens is 4. The summed E-state index contributed by atoms with van der Waals surface area (Å²) in [6.45, 7) is 5.25. The van der Waals surface area contributed by atoms with Crippen LogP contribution in [0.5, 0.6) is 0 Å². The molecule has 5 rings (SSSR count). The Morgan fingerprint density at radius 2 is 1.92 bits per heavy atom. The second-order valence-corrected chi connectivity index (χ2v) is 7.72. The standard InChI is InChI=1S/C17H22N6O2/c1-11(25)21-4-12-6-22(7-13(12)5-21)15-14-16(19-9-18-15)23(10-20-14)17(8-24)2-3-17/h9-10,12-13,24H,2-8H2,1H3/t12-,13+. The molecule has 25 heavy (non-hydrogen) atoms. The average Bonchev–Trinajstić information content (AvgIpc) is 2.95. The minimum Gasteiger partial charge on any atom is -0.394 e. The molecule has 1 N–H and O–H groups in total. The topological polar surface area (TPSA) is 87.4 Å². The van der Waals surface area contributed by atoms with Gasteiger partial charge in [-0.25, -0.2) is 15.0 Å². The highest BCUT2D eigenvalue weighted by molar-refractivity contribution is 5.84. The first-order valence-corrected chi connectivity index (χ1v) is 8.91. The van der Waals surface area contributed by atoms with Gasteiger partial charge in [-0.2, -0.15) is 0 Å². The summed E-state index contributed by atoms with van der Waals surface area (Å²) in [5.74, 6) is 2.05. The summed E-state index contributed by atoms with van der Waals surface area (Å²) >= 11 is 0. The molecule has 2 atom stereocenters. The predicted octanol–water partition coefficient (Wildman–Crippen LogP) is 0.222. The first-order valence-electron chi connectivity index (χ1n) is 8.91. The van der Waals surface area contributed by atoms with Crippen molar-refractivity contribution >= 4 is 22.9 Å². The quantitative estimate of drug-likeness (QED) is 0.859. The molecular weight excluding hydrogens is 320 g/mol. The summed E-state index contributed by atoms with van der Waals surface area (Å²) in [5.41, 5.74) is 1.40. The molecule has 2 aliphatic heterocycles. The number of carbonyl (C=O) groups excluding carboxylic acids is 1. The number of hydrogen-bond donors (Lipinski definition) is 1. The van der Waals surface area contributed by atoms with Gasteiger partial charge in [-0.05, 0) is 12.8 Å². The van der Waals surface area contributed by atoms with Gasteiger partial charge in [-0.15, -0.1) is 0 Å². The molecule has 0 bridgehead atoms. The molecule has 1 aliphatic carbocycles. The van der Waals surface area contributed by atoms with Gasteiger partial charge >= 0.3 is 0 Å². The Kier molecular flexibility index (Phi) is 3.10. The number of aliphatic hydroxyl groups is 1. The highest BCUT2D eigenvalue weighted by Crippen LogP contribution is 2.45. The number of carbonyl (C=O) groups is 1. The normalized spacial score (nSPS) is 27.1. The van der Waals surface area contributed by atoms with E-state index in [1.54, 1.807) is 19.6 Å². The first-order chi connectivity index (χ1) is 12.1. The molecule has 8 heteroatoms. The van der Waals surface area contributed by atoms with Crippen LogP contribution in [0.25, 0.3) is 11.2 Å². The molecule has 2 aromatic rings. The van der Waals surface area contributed by atoms with Gasteiger partial charge in [0, 0.05) is 44.9 Å². The fourth-order valence-electron chi connectivity index (χ4n) is 4.44. The van der Waals surface area contributed by atoms with Crippen LogP contribution < -0.4 is 4.90 Å². The summed E-state index contributed by atoms with van der Waals surface area (Å²) in [6, 6.07) is 0. The highest BCUT2D eigenvalue weighted by Gasteiger charge is 2.46. The summed E-state index contributed by atoms with van der Waals surface area (Å²) in [6.07, 6.45) is 5.31. The van der Waals surface area contributed by atoms with Crippen LogP contribution in [-0.2, 0) is 10.3 Å². The molecule has 8 nitrogen and oxygen atoms in total. The molecule has 132 valence electrons. The van der Waals surface area contributed by atoms with Crippen molar-refractivity contribution in [2.45, 2.75) is 25.3 Å². The van der Waals surface area contributed by atoms with Crippen LogP contribution in [0.2, 0.25) is 0 Å². The lowest BCUT2D eigenvalue weighted by molar-refractivity contribution is -0.128. The van der Waals surface area contributed by atoms with E-state index in [9.17, 15) is 9.90 Å². The Bertz CT molecular complexity index is 831. The molecule has 0 spiro atoms. The maximum Gasteiger partial charge on any atom is 0.219 e. The van der Waals surface area contributed by atoms with E-state index in [4.69, 9.17) is 0 Å². The zero-order valence-electron chi connectivity index (χ0n) is 14.3. The Morgan fingerprint density at radius 1 is 1.20 bits per heavy atom. The Morgan fingerprint density at radius 3 is 2.52 bits per heavy atom. The molecule has 0 unspecified atom stereocenters. The van der Waals surface area contributed by atoms with Crippen molar-refractivity contribution in [1.82, 2.24) is 24.4 Å². The molecule has 3 aliphatic rings. The summed E-state index contributed by atoms with van der Waals surface area (Å²) < 4.78 is 2.02. The molecular formula is C17H22N6O2. The zero-order chi connectivity index (χ0) is 17.2. The largest absolute Gasteiger partial charge is 0.394 e. The van der Waals surface area contributed by atoms with Gasteiger partial charge in [0.1, 0.15) is 6.33 Å². The van der Waals surface area contributed by atoms with Crippen molar-refractivity contribution in [3.8, 4) is 0 Å². The number of hydrogen-bond acceptors (Lipinski definition) is 6. The molecule has 2 saturated heterocycles. The van der Waals surface area contributed by atoms with Gasteiger partial charge in [0.25, 0.3) is 0 Å². The van der Waals surface area contributed by atoms with Gasteiger partial charge in [-0.3, -0.25) is 4.79 Å². The highest BCUT2D eigenvalue weighted by atomic mass is 16.3. The van der Waals surface area contributed by atoms with E-state index in [0.717, 1.165) is 56.0 Å². The number of amides is 1. The lowest BCUT2D eigenvalue weighted by Gasteiger charge is -2.22. The molecule has 1 saturated carbocycles. The SMILES string of the molecule is CC(=O)N1C[C@@H]2CN(c3ncnc4c3ncn4C3(CO)CC3)C[C@@H]2C1. The van der Waals surface area contributed by atoms with Crippen LogP contribution in [0.4, 0.5) is 5.82 Å². The van der Waals surface area contributed by atoms with Gasteiger partial charge in [0.05, 0.1) is 18.5 Å². The van der Waals surface area contributed by atoms with Gasteiger partial charge in [0.2, 0.25) is 5.91 Å². The van der Waals surface area contributed by atoms with E-state index in [2.05, 4.69) is 19.9 Å². The van der Waals surface area contributed by atoms with Crippen LogP contribution in [0.3, 0.4) is 0 Å². The van der Waals surface area contributed by atoms with Crippen LogP contribution in [0, 0.1) is 11.8 Å². The van der Waals surface area contributed by atoms with Crippen molar-refractivity contribution in [3.05, 3.63) is 12.7 Å². The monoisotopic (exact) mass is 342 g/mol. The third-order valence-corrected chi connectivity index (χ3v) is 6.18. The smallest absolute Gasteiger partial charge is 0.219 e. The van der Waals surface area contributed by atoms with Crippen molar-refractivity contribution in [1.29, 1.82) is 0 Å². The molecule has 2 aromatic heterocycles. The average molecular weight is 342 g/mol. The van der Waals surface area contributed by atoms with E-state index in [0.29, 0.717) is 11.8 Å². The number of rotatable bonds is 3. The first kappa shape index (κ1) is 15.1. The van der Waals surface area contributed by atoms with Crippen molar-refractivity contribution in [3.63, 3.8) is 0 Å². The maximum atomic E-state index is 11.6. The Labute approximate surface area is 145 Å². The second-order valence-electron chi connectivity index (χ2n) is 7.72. The second kappa shape index (κ2) is 5.14. The van der Waals surface area contributed by atoms with Crippen LogP contribution in [0.15, 0.2) is 12.7 Å². The van der Waals surface area contributed by atoms with E-state index in [-0.39, 0.29) is 18.1 Å². The number of nitrogens with zero attached hydrogens (tertiary/aromatic N) is 6. The molecule has 3 fully saturated rings. The number of fused-ring (bicyclic) bond motifs is 2. The third-order valence-electron chi connectivity index (χ3n) is 6.18. The predicted molar refractivity (Wildman–Crippen MR) is 91.1 cm³/mol. The van der Waals surface area contributed by atoms with E-state index in [1.165, 1.54) is 0 Å². The fraction of sp³-hybridized carbons (Fsp3) is 0.647. The van der Waals surface area contributed by atoms with Gasteiger partial charge in [-0.1, -0.05) is 0 Å². The summed E-state index contributed by atoms with van der Waals surface area (Å²) in [5, 5.41) is 9.71. The molecule has 4 heterocycles. The van der Waals surface area contributed by atoms with Crippen LogP contribution in [0.1, 0.15) is 19.8 Å². The number of aliphatic hydroxyl groups excluding tert-OH is 1. The lowest BCUT2D eigenvalue weighted by Crippen LogP contribution is -2.32. The minimum atomic E-state index is -0.218. The number of anilines is 1. The number of likely N-dealkylation sites (tertiary alicyclic amines) is 1. The number of imidazole rings is 1. The zero-order valence-corrected chi connectivity index (χ0v) is 14.3. The van der Waals surface area contributed by atoms with Crippen LogP contribution in [-0.4, -0.2) is 68.2 Å². The maximum absolute atomic E-state index is 11.6. The van der Waals surface area contributed by atoms with Gasteiger partial charge in [0.15, 0.2) is 17.0 Å². The summed E-state index contributed by atoms with van der Waals surface area (Å²) in [7, 11) is 0. The Hall–Kier alpha value is -2.22. The van der Waals surface area contributed by atoms with E-state index in [1.807, 2.05) is 9.47 Å². The lowest BCUT2D eigenvalue weighted by atomic mass is 10.0.